The lowest BCUT2D eigenvalue weighted by Gasteiger charge is -2.22. The lowest BCUT2D eigenvalue weighted by molar-refractivity contribution is -0.138. The van der Waals surface area contributed by atoms with Gasteiger partial charge in [0.15, 0.2) is 0 Å². The molecule has 1 aromatic rings. The highest BCUT2D eigenvalue weighted by atomic mass is 79.9. The molecule has 0 saturated carbocycles. The summed E-state index contributed by atoms with van der Waals surface area (Å²) in [5.74, 6) is -0.748. The number of hydrogen-bond acceptors (Lipinski definition) is 2. The summed E-state index contributed by atoms with van der Waals surface area (Å²) in [4.78, 5) is 12.8. The third-order valence-corrected chi connectivity index (χ3v) is 3.43. The summed E-state index contributed by atoms with van der Waals surface area (Å²) in [5, 5.41) is 8.84. The SMILES string of the molecule is O=C(O)CN1CCCC1c1cccc(Br)c1. The Hall–Kier alpha value is -0.870. The predicted molar refractivity (Wildman–Crippen MR) is 65.3 cm³/mol. The third kappa shape index (κ3) is 2.62. The van der Waals surface area contributed by atoms with E-state index in [1.807, 2.05) is 17.0 Å². The molecule has 0 aromatic heterocycles. The number of halogens is 1. The van der Waals surface area contributed by atoms with Crippen molar-refractivity contribution in [2.45, 2.75) is 18.9 Å². The van der Waals surface area contributed by atoms with Gasteiger partial charge >= 0.3 is 5.97 Å². The molecule has 3 nitrogen and oxygen atoms in total. The Bertz CT molecular complexity index is 394. The summed E-state index contributed by atoms with van der Waals surface area (Å²) in [7, 11) is 0. The summed E-state index contributed by atoms with van der Waals surface area (Å²) in [6.45, 7) is 1.01. The zero-order valence-corrected chi connectivity index (χ0v) is 10.5. The van der Waals surface area contributed by atoms with Gasteiger partial charge in [-0.3, -0.25) is 9.69 Å². The highest BCUT2D eigenvalue weighted by Crippen LogP contribution is 2.32. The first kappa shape index (κ1) is 11.6. The van der Waals surface area contributed by atoms with Crippen molar-refractivity contribution in [2.24, 2.45) is 0 Å². The Labute approximate surface area is 103 Å². The van der Waals surface area contributed by atoms with Gasteiger partial charge < -0.3 is 5.11 Å². The molecule has 0 spiro atoms. The van der Waals surface area contributed by atoms with Crippen LogP contribution < -0.4 is 0 Å². The zero-order valence-electron chi connectivity index (χ0n) is 8.90. The minimum atomic E-state index is -0.748. The van der Waals surface area contributed by atoms with Gasteiger partial charge in [-0.2, -0.15) is 0 Å². The van der Waals surface area contributed by atoms with E-state index in [0.29, 0.717) is 0 Å². The van der Waals surface area contributed by atoms with Gasteiger partial charge in [-0.25, -0.2) is 0 Å². The van der Waals surface area contributed by atoms with Crippen LogP contribution >= 0.6 is 15.9 Å². The number of hydrogen-bond donors (Lipinski definition) is 1. The second kappa shape index (κ2) is 4.97. The normalized spacial score (nSPS) is 21.2. The lowest BCUT2D eigenvalue weighted by atomic mass is 10.0. The topological polar surface area (TPSA) is 40.5 Å². The van der Waals surface area contributed by atoms with Gasteiger partial charge in [0.05, 0.1) is 6.54 Å². The van der Waals surface area contributed by atoms with Gasteiger partial charge in [0.1, 0.15) is 0 Å². The Morgan fingerprint density at radius 1 is 1.56 bits per heavy atom. The van der Waals surface area contributed by atoms with Gasteiger partial charge in [0, 0.05) is 10.5 Å². The summed E-state index contributed by atoms with van der Waals surface area (Å²) < 4.78 is 1.05. The van der Waals surface area contributed by atoms with Crippen LogP contribution in [-0.4, -0.2) is 29.1 Å². The fourth-order valence-corrected chi connectivity index (χ4v) is 2.70. The predicted octanol–water partition coefficient (Wildman–Crippen LogP) is 2.67. The van der Waals surface area contributed by atoms with Crippen molar-refractivity contribution in [1.29, 1.82) is 0 Å². The third-order valence-electron chi connectivity index (χ3n) is 2.94. The van der Waals surface area contributed by atoms with Crippen molar-refractivity contribution in [3.05, 3.63) is 34.3 Å². The van der Waals surface area contributed by atoms with Gasteiger partial charge in [-0.05, 0) is 37.1 Å². The molecule has 0 bridgehead atoms. The molecular formula is C12H14BrNO2. The molecule has 1 aromatic carbocycles. The van der Waals surface area contributed by atoms with Crippen molar-refractivity contribution < 1.29 is 9.90 Å². The zero-order chi connectivity index (χ0) is 11.5. The Morgan fingerprint density at radius 3 is 3.06 bits per heavy atom. The first-order chi connectivity index (χ1) is 7.66. The molecule has 1 atom stereocenters. The fraction of sp³-hybridized carbons (Fsp3) is 0.417. The van der Waals surface area contributed by atoms with E-state index in [9.17, 15) is 4.79 Å². The molecule has 86 valence electrons. The van der Waals surface area contributed by atoms with Crippen LogP contribution in [0.5, 0.6) is 0 Å². The fourth-order valence-electron chi connectivity index (χ4n) is 2.28. The number of carboxylic acids is 1. The smallest absolute Gasteiger partial charge is 0.317 e. The van der Waals surface area contributed by atoms with Gasteiger partial charge in [0.2, 0.25) is 0 Å². The van der Waals surface area contributed by atoms with Gasteiger partial charge in [-0.1, -0.05) is 28.1 Å². The number of likely N-dealkylation sites (tertiary alicyclic amines) is 1. The standard InChI is InChI=1S/C12H14BrNO2/c13-10-4-1-3-9(7-10)11-5-2-6-14(11)8-12(15)16/h1,3-4,7,11H,2,5-6,8H2,(H,15,16). The van der Waals surface area contributed by atoms with Crippen LogP contribution in [0.3, 0.4) is 0 Å². The van der Waals surface area contributed by atoms with Crippen LogP contribution in [0.2, 0.25) is 0 Å². The molecule has 0 amide bonds. The number of rotatable bonds is 3. The lowest BCUT2D eigenvalue weighted by Crippen LogP contribution is -2.29. The number of nitrogens with zero attached hydrogens (tertiary/aromatic N) is 1. The van der Waals surface area contributed by atoms with E-state index >= 15 is 0 Å². The molecule has 2 rings (SSSR count). The maximum Gasteiger partial charge on any atom is 0.317 e. The number of carboxylic acid groups (broad SMARTS) is 1. The number of benzene rings is 1. The van der Waals surface area contributed by atoms with Crippen molar-refractivity contribution >= 4 is 21.9 Å². The van der Waals surface area contributed by atoms with Crippen molar-refractivity contribution in [3.63, 3.8) is 0 Å². The van der Waals surface area contributed by atoms with E-state index in [-0.39, 0.29) is 12.6 Å². The summed E-state index contributed by atoms with van der Waals surface area (Å²) >= 11 is 3.45. The van der Waals surface area contributed by atoms with Crippen LogP contribution in [0.4, 0.5) is 0 Å². The van der Waals surface area contributed by atoms with E-state index < -0.39 is 5.97 Å². The maximum absolute atomic E-state index is 10.7. The highest BCUT2D eigenvalue weighted by molar-refractivity contribution is 9.10. The monoisotopic (exact) mass is 283 g/mol. The number of aliphatic carboxylic acids is 1. The molecule has 0 radical (unpaired) electrons. The molecule has 4 heteroatoms. The first-order valence-corrected chi connectivity index (χ1v) is 6.17. The minimum Gasteiger partial charge on any atom is -0.480 e. The van der Waals surface area contributed by atoms with Gasteiger partial charge in [-0.15, -0.1) is 0 Å². The Kier molecular flexibility index (Phi) is 3.61. The molecule has 1 N–H and O–H groups in total. The summed E-state index contributed by atoms with van der Waals surface area (Å²) in [5.41, 5.74) is 1.20. The molecule has 1 aliphatic heterocycles. The van der Waals surface area contributed by atoms with Crippen molar-refractivity contribution in [3.8, 4) is 0 Å². The summed E-state index contributed by atoms with van der Waals surface area (Å²) in [6.07, 6.45) is 2.12. The van der Waals surface area contributed by atoms with Crippen molar-refractivity contribution in [2.75, 3.05) is 13.1 Å². The maximum atomic E-state index is 10.7. The van der Waals surface area contributed by atoms with Crippen LogP contribution in [0.1, 0.15) is 24.4 Å². The Balaban J connectivity index is 2.16. The average Bonchev–Trinajstić information content (AvgIpc) is 2.65. The molecule has 1 heterocycles. The van der Waals surface area contributed by atoms with Crippen LogP contribution in [0.15, 0.2) is 28.7 Å². The molecule has 16 heavy (non-hydrogen) atoms. The average molecular weight is 284 g/mol. The molecule has 1 unspecified atom stereocenters. The highest BCUT2D eigenvalue weighted by Gasteiger charge is 2.27. The number of carbonyl (C=O) groups is 1. The largest absolute Gasteiger partial charge is 0.480 e. The van der Waals surface area contributed by atoms with E-state index in [0.717, 1.165) is 23.9 Å². The van der Waals surface area contributed by atoms with Crippen molar-refractivity contribution in [1.82, 2.24) is 4.90 Å². The second-order valence-electron chi connectivity index (χ2n) is 4.08. The molecule has 0 aliphatic carbocycles. The van der Waals surface area contributed by atoms with Crippen LogP contribution in [-0.2, 0) is 4.79 Å². The van der Waals surface area contributed by atoms with E-state index in [4.69, 9.17) is 5.11 Å². The van der Waals surface area contributed by atoms with E-state index in [1.54, 1.807) is 0 Å². The summed E-state index contributed by atoms with van der Waals surface area (Å²) in [6, 6.07) is 8.38. The van der Waals surface area contributed by atoms with Crippen LogP contribution in [0.25, 0.3) is 0 Å². The quantitative estimate of drug-likeness (QED) is 0.927. The first-order valence-electron chi connectivity index (χ1n) is 5.38. The molecular weight excluding hydrogens is 270 g/mol. The minimum absolute atomic E-state index is 0.136. The van der Waals surface area contributed by atoms with Crippen LogP contribution in [0, 0.1) is 0 Å². The van der Waals surface area contributed by atoms with Gasteiger partial charge in [0.25, 0.3) is 0 Å². The molecule has 1 fully saturated rings. The molecule has 1 aliphatic rings. The second-order valence-corrected chi connectivity index (χ2v) is 4.99. The van der Waals surface area contributed by atoms with E-state index in [2.05, 4.69) is 28.1 Å². The van der Waals surface area contributed by atoms with E-state index in [1.165, 1.54) is 5.56 Å². The molecule has 1 saturated heterocycles. The Morgan fingerprint density at radius 2 is 2.38 bits per heavy atom.